The Kier molecular flexibility index (Phi) is 5.66. The standard InChI is InChI=1S/C19H24ClNOSi/c1-5-21(14-15-10-7-6-8-11-15)19(22)18-16(20)12-9-13-17(18)23(2,3)4/h6-13H,5,14H2,1-4H3. The number of nitrogens with zero attached hydrogens (tertiary/aromatic N) is 1. The van der Waals surface area contributed by atoms with Crippen molar-refractivity contribution < 1.29 is 4.79 Å². The second-order valence-electron chi connectivity index (χ2n) is 6.72. The Hall–Kier alpha value is -1.58. The van der Waals surface area contributed by atoms with E-state index in [0.29, 0.717) is 23.7 Å². The third-order valence-corrected chi connectivity index (χ3v) is 6.27. The van der Waals surface area contributed by atoms with Crippen molar-refractivity contribution in [2.75, 3.05) is 6.54 Å². The summed E-state index contributed by atoms with van der Waals surface area (Å²) in [5, 5.41) is 1.68. The van der Waals surface area contributed by atoms with Crippen LogP contribution >= 0.6 is 11.6 Å². The van der Waals surface area contributed by atoms with Crippen molar-refractivity contribution in [3.8, 4) is 0 Å². The normalized spacial score (nSPS) is 11.3. The fraction of sp³-hybridized carbons (Fsp3) is 0.316. The molecule has 1 amide bonds. The first-order valence-electron chi connectivity index (χ1n) is 7.96. The number of benzene rings is 2. The summed E-state index contributed by atoms with van der Waals surface area (Å²) in [7, 11) is -1.65. The molecule has 23 heavy (non-hydrogen) atoms. The molecular weight excluding hydrogens is 322 g/mol. The van der Waals surface area contributed by atoms with Crippen LogP contribution in [0.3, 0.4) is 0 Å². The molecule has 0 bridgehead atoms. The molecule has 0 heterocycles. The quantitative estimate of drug-likeness (QED) is 0.728. The van der Waals surface area contributed by atoms with Crippen molar-refractivity contribution in [1.82, 2.24) is 4.90 Å². The largest absolute Gasteiger partial charge is 0.335 e. The molecule has 0 spiro atoms. The summed E-state index contributed by atoms with van der Waals surface area (Å²) >= 11 is 6.41. The van der Waals surface area contributed by atoms with Gasteiger partial charge in [0.2, 0.25) is 0 Å². The van der Waals surface area contributed by atoms with Crippen molar-refractivity contribution in [1.29, 1.82) is 0 Å². The van der Waals surface area contributed by atoms with Crippen LogP contribution in [0.25, 0.3) is 0 Å². The molecule has 0 saturated heterocycles. The molecule has 0 radical (unpaired) electrons. The highest BCUT2D eigenvalue weighted by atomic mass is 35.5. The second kappa shape index (κ2) is 7.32. The number of hydrogen-bond acceptors (Lipinski definition) is 1. The zero-order valence-corrected chi connectivity index (χ0v) is 16.0. The Labute approximate surface area is 145 Å². The van der Waals surface area contributed by atoms with Crippen LogP contribution < -0.4 is 5.19 Å². The summed E-state index contributed by atoms with van der Waals surface area (Å²) in [6.45, 7) is 9.98. The smallest absolute Gasteiger partial charge is 0.255 e. The molecule has 2 aromatic rings. The first-order valence-corrected chi connectivity index (χ1v) is 11.8. The van der Waals surface area contributed by atoms with Crippen LogP contribution in [0.4, 0.5) is 0 Å². The molecule has 2 nitrogen and oxygen atoms in total. The Morgan fingerprint density at radius 3 is 2.26 bits per heavy atom. The topological polar surface area (TPSA) is 20.3 Å². The highest BCUT2D eigenvalue weighted by Crippen LogP contribution is 2.20. The van der Waals surface area contributed by atoms with E-state index in [1.165, 1.54) is 0 Å². The van der Waals surface area contributed by atoms with Crippen molar-refractivity contribution >= 4 is 30.8 Å². The molecule has 2 rings (SSSR count). The van der Waals surface area contributed by atoms with Gasteiger partial charge < -0.3 is 4.90 Å². The van der Waals surface area contributed by atoms with Gasteiger partial charge in [0.15, 0.2) is 0 Å². The Bertz CT molecular complexity index is 680. The molecule has 0 N–H and O–H groups in total. The molecule has 0 aliphatic carbocycles. The van der Waals surface area contributed by atoms with E-state index in [0.717, 1.165) is 10.8 Å². The summed E-state index contributed by atoms with van der Waals surface area (Å²) in [6, 6.07) is 15.9. The zero-order valence-electron chi connectivity index (χ0n) is 14.3. The van der Waals surface area contributed by atoms with Gasteiger partial charge in [-0.1, -0.05) is 73.7 Å². The van der Waals surface area contributed by atoms with Gasteiger partial charge in [-0.2, -0.15) is 0 Å². The Morgan fingerprint density at radius 1 is 1.04 bits per heavy atom. The van der Waals surface area contributed by atoms with Crippen LogP contribution in [-0.4, -0.2) is 25.4 Å². The molecular formula is C19H24ClNOSi. The number of amides is 1. The molecule has 0 aromatic heterocycles. The highest BCUT2D eigenvalue weighted by Gasteiger charge is 2.27. The van der Waals surface area contributed by atoms with Crippen LogP contribution in [0.1, 0.15) is 22.8 Å². The second-order valence-corrected chi connectivity index (χ2v) is 12.2. The number of hydrogen-bond donors (Lipinski definition) is 0. The van der Waals surface area contributed by atoms with Gasteiger partial charge in [-0.15, -0.1) is 0 Å². The number of carbonyl (C=O) groups is 1. The molecule has 2 aromatic carbocycles. The first-order chi connectivity index (χ1) is 10.8. The van der Waals surface area contributed by atoms with E-state index in [-0.39, 0.29) is 5.91 Å². The number of carbonyl (C=O) groups excluding carboxylic acids is 1. The van der Waals surface area contributed by atoms with Gasteiger partial charge in [-0.25, -0.2) is 0 Å². The molecule has 122 valence electrons. The minimum atomic E-state index is -1.65. The zero-order chi connectivity index (χ0) is 17.0. The lowest BCUT2D eigenvalue weighted by Crippen LogP contribution is -2.44. The van der Waals surface area contributed by atoms with Crippen molar-refractivity contribution in [2.45, 2.75) is 33.1 Å². The monoisotopic (exact) mass is 345 g/mol. The molecule has 0 fully saturated rings. The highest BCUT2D eigenvalue weighted by molar-refractivity contribution is 6.89. The minimum absolute atomic E-state index is 0.0272. The molecule has 4 heteroatoms. The predicted octanol–water partition coefficient (Wildman–Crippen LogP) is 4.55. The fourth-order valence-electron chi connectivity index (χ4n) is 2.66. The summed E-state index contributed by atoms with van der Waals surface area (Å²) in [4.78, 5) is 15.0. The molecule has 0 aliphatic rings. The van der Waals surface area contributed by atoms with E-state index in [2.05, 4.69) is 25.7 Å². The average molecular weight is 346 g/mol. The average Bonchev–Trinajstić information content (AvgIpc) is 2.52. The maximum Gasteiger partial charge on any atom is 0.255 e. The van der Waals surface area contributed by atoms with Gasteiger partial charge in [0.1, 0.15) is 0 Å². The van der Waals surface area contributed by atoms with Crippen molar-refractivity contribution in [3.05, 3.63) is 64.7 Å². The van der Waals surface area contributed by atoms with Crippen LogP contribution in [0.15, 0.2) is 48.5 Å². The molecule has 0 unspecified atom stereocenters. The number of halogens is 1. The van der Waals surface area contributed by atoms with Gasteiger partial charge in [0, 0.05) is 13.1 Å². The van der Waals surface area contributed by atoms with Gasteiger partial charge in [0.25, 0.3) is 5.91 Å². The predicted molar refractivity (Wildman–Crippen MR) is 101 cm³/mol. The minimum Gasteiger partial charge on any atom is -0.335 e. The van der Waals surface area contributed by atoms with Crippen LogP contribution in [0.2, 0.25) is 24.7 Å². The van der Waals surface area contributed by atoms with E-state index in [1.807, 2.05) is 54.3 Å². The summed E-state index contributed by atoms with van der Waals surface area (Å²) in [5.74, 6) is 0.0272. The lowest BCUT2D eigenvalue weighted by atomic mass is 10.1. The third-order valence-electron chi connectivity index (χ3n) is 3.92. The summed E-state index contributed by atoms with van der Waals surface area (Å²) in [6.07, 6.45) is 0. The lowest BCUT2D eigenvalue weighted by Gasteiger charge is -2.26. The molecule has 0 aliphatic heterocycles. The maximum atomic E-state index is 13.1. The van der Waals surface area contributed by atoms with Crippen LogP contribution in [-0.2, 0) is 6.54 Å². The summed E-state index contributed by atoms with van der Waals surface area (Å²) < 4.78 is 0. The Morgan fingerprint density at radius 2 is 1.70 bits per heavy atom. The maximum absolute atomic E-state index is 13.1. The van der Waals surface area contributed by atoms with E-state index < -0.39 is 8.07 Å². The van der Waals surface area contributed by atoms with Crippen LogP contribution in [0, 0.1) is 0 Å². The first kappa shape index (κ1) is 17.8. The van der Waals surface area contributed by atoms with E-state index in [4.69, 9.17) is 11.6 Å². The van der Waals surface area contributed by atoms with Crippen LogP contribution in [0.5, 0.6) is 0 Å². The molecule has 0 atom stereocenters. The molecule has 0 saturated carbocycles. The lowest BCUT2D eigenvalue weighted by molar-refractivity contribution is 0.0754. The SMILES string of the molecule is CCN(Cc1ccccc1)C(=O)c1c(Cl)cccc1[Si](C)(C)C. The Balaban J connectivity index is 2.38. The van der Waals surface area contributed by atoms with E-state index >= 15 is 0 Å². The van der Waals surface area contributed by atoms with Gasteiger partial charge in [0.05, 0.1) is 18.7 Å². The van der Waals surface area contributed by atoms with Gasteiger partial charge in [-0.05, 0) is 23.7 Å². The van der Waals surface area contributed by atoms with Gasteiger partial charge >= 0.3 is 0 Å². The fourth-order valence-corrected chi connectivity index (χ4v) is 4.58. The van der Waals surface area contributed by atoms with Crippen molar-refractivity contribution in [3.63, 3.8) is 0 Å². The van der Waals surface area contributed by atoms with E-state index in [1.54, 1.807) is 0 Å². The summed E-state index contributed by atoms with van der Waals surface area (Å²) in [5.41, 5.74) is 1.82. The number of rotatable bonds is 5. The van der Waals surface area contributed by atoms with Gasteiger partial charge in [-0.3, -0.25) is 4.79 Å². The third kappa shape index (κ3) is 4.24. The van der Waals surface area contributed by atoms with Crippen molar-refractivity contribution in [2.24, 2.45) is 0 Å². The van der Waals surface area contributed by atoms with E-state index in [9.17, 15) is 4.79 Å².